The predicted octanol–water partition coefficient (Wildman–Crippen LogP) is 3.90. The zero-order valence-electron chi connectivity index (χ0n) is 23.0. The summed E-state index contributed by atoms with van der Waals surface area (Å²) in [7, 11) is 1.70. The standard InChI is InChI=1S/C30H40FN3O4/c1-21(2)19-28(35)34-12-11-23-7-10-26(20-27(23)29(34)24-5-8-25(31)9-6-24)38-22(3)30(36)33-15-13-32(14-16-33)17-18-37-4/h5-10,20-22,29H,11-19H2,1-4H3. The van der Waals surface area contributed by atoms with Gasteiger partial charge in [-0.05, 0) is 60.2 Å². The lowest BCUT2D eigenvalue weighted by atomic mass is 9.87. The molecule has 0 N–H and O–H groups in total. The number of methoxy groups -OCH3 is 1. The number of hydrogen-bond donors (Lipinski definition) is 0. The van der Waals surface area contributed by atoms with Crippen molar-refractivity contribution in [1.29, 1.82) is 0 Å². The third kappa shape index (κ3) is 6.72. The Labute approximate surface area is 225 Å². The Bertz CT molecular complexity index is 1100. The van der Waals surface area contributed by atoms with E-state index in [0.717, 1.165) is 42.7 Å². The van der Waals surface area contributed by atoms with Crippen molar-refractivity contribution in [3.63, 3.8) is 0 Å². The molecule has 0 bridgehead atoms. The van der Waals surface area contributed by atoms with Crippen molar-refractivity contribution in [2.24, 2.45) is 5.92 Å². The summed E-state index contributed by atoms with van der Waals surface area (Å²) in [4.78, 5) is 32.4. The monoisotopic (exact) mass is 525 g/mol. The highest BCUT2D eigenvalue weighted by Gasteiger charge is 2.33. The predicted molar refractivity (Wildman–Crippen MR) is 145 cm³/mol. The van der Waals surface area contributed by atoms with Crippen LogP contribution in [-0.2, 0) is 20.7 Å². The Morgan fingerprint density at radius 3 is 2.37 bits per heavy atom. The highest BCUT2D eigenvalue weighted by Crippen LogP contribution is 2.38. The fraction of sp³-hybridized carbons (Fsp3) is 0.533. The Kier molecular flexibility index (Phi) is 9.39. The summed E-state index contributed by atoms with van der Waals surface area (Å²) in [5.41, 5.74) is 2.95. The van der Waals surface area contributed by atoms with Crippen LogP contribution in [-0.4, -0.2) is 85.6 Å². The van der Waals surface area contributed by atoms with E-state index in [1.165, 1.54) is 12.1 Å². The van der Waals surface area contributed by atoms with E-state index in [2.05, 4.69) is 4.90 Å². The smallest absolute Gasteiger partial charge is 0.263 e. The first-order chi connectivity index (χ1) is 18.3. The van der Waals surface area contributed by atoms with E-state index in [-0.39, 0.29) is 29.6 Å². The van der Waals surface area contributed by atoms with Crippen molar-refractivity contribution in [2.45, 2.75) is 45.8 Å². The van der Waals surface area contributed by atoms with Gasteiger partial charge in [0.05, 0.1) is 12.6 Å². The third-order valence-electron chi connectivity index (χ3n) is 7.39. The van der Waals surface area contributed by atoms with Crippen molar-refractivity contribution in [1.82, 2.24) is 14.7 Å². The molecule has 4 rings (SSSR count). The second-order valence-corrected chi connectivity index (χ2v) is 10.7. The van der Waals surface area contributed by atoms with Gasteiger partial charge in [-0.1, -0.05) is 32.0 Å². The van der Waals surface area contributed by atoms with Gasteiger partial charge in [-0.15, -0.1) is 0 Å². The summed E-state index contributed by atoms with van der Waals surface area (Å²) in [6, 6.07) is 11.9. The molecule has 1 fully saturated rings. The maximum absolute atomic E-state index is 13.7. The molecule has 2 heterocycles. The second-order valence-electron chi connectivity index (χ2n) is 10.7. The minimum absolute atomic E-state index is 0.0297. The molecule has 1 saturated heterocycles. The van der Waals surface area contributed by atoms with Crippen molar-refractivity contribution in [3.8, 4) is 5.75 Å². The van der Waals surface area contributed by atoms with Crippen LogP contribution in [0, 0.1) is 11.7 Å². The van der Waals surface area contributed by atoms with Gasteiger partial charge in [0.15, 0.2) is 6.10 Å². The molecule has 2 aromatic carbocycles. The Morgan fingerprint density at radius 1 is 1.00 bits per heavy atom. The number of nitrogens with zero attached hydrogens (tertiary/aromatic N) is 3. The van der Waals surface area contributed by atoms with Crippen molar-refractivity contribution >= 4 is 11.8 Å². The quantitative estimate of drug-likeness (QED) is 0.497. The molecule has 0 aromatic heterocycles. The van der Waals surface area contributed by atoms with E-state index in [4.69, 9.17) is 9.47 Å². The summed E-state index contributed by atoms with van der Waals surface area (Å²) in [6.45, 7) is 11.0. The van der Waals surface area contributed by atoms with Gasteiger partial charge in [-0.3, -0.25) is 14.5 Å². The van der Waals surface area contributed by atoms with Crippen molar-refractivity contribution in [3.05, 3.63) is 65.0 Å². The molecule has 7 nitrogen and oxygen atoms in total. The average Bonchev–Trinajstić information content (AvgIpc) is 2.91. The number of piperazine rings is 1. The van der Waals surface area contributed by atoms with Crippen LogP contribution in [0.15, 0.2) is 42.5 Å². The SMILES string of the molecule is COCCN1CCN(C(=O)C(C)Oc2ccc3c(c2)C(c2ccc(F)cc2)N(C(=O)CC(C)C)CC3)CC1. The molecule has 2 unspecified atom stereocenters. The number of benzene rings is 2. The van der Waals surface area contributed by atoms with Gasteiger partial charge in [-0.25, -0.2) is 4.39 Å². The van der Waals surface area contributed by atoms with Crippen molar-refractivity contribution in [2.75, 3.05) is 53.0 Å². The maximum Gasteiger partial charge on any atom is 0.263 e. The number of fused-ring (bicyclic) bond motifs is 1. The van der Waals surface area contributed by atoms with E-state index in [0.29, 0.717) is 38.4 Å². The number of carbonyl (C=O) groups excluding carboxylic acids is 2. The lowest BCUT2D eigenvalue weighted by Gasteiger charge is -2.38. The van der Waals surface area contributed by atoms with E-state index in [1.54, 1.807) is 26.2 Å². The fourth-order valence-electron chi connectivity index (χ4n) is 5.33. The molecule has 206 valence electrons. The van der Waals surface area contributed by atoms with Crippen LogP contribution in [0.1, 0.15) is 49.9 Å². The molecule has 0 aliphatic carbocycles. The lowest BCUT2D eigenvalue weighted by molar-refractivity contribution is -0.139. The minimum atomic E-state index is -0.634. The van der Waals surface area contributed by atoms with Crippen LogP contribution < -0.4 is 4.74 Å². The van der Waals surface area contributed by atoms with E-state index in [1.807, 2.05) is 41.8 Å². The summed E-state index contributed by atoms with van der Waals surface area (Å²) < 4.78 is 25.1. The highest BCUT2D eigenvalue weighted by atomic mass is 19.1. The third-order valence-corrected chi connectivity index (χ3v) is 7.39. The van der Waals surface area contributed by atoms with Crippen LogP contribution in [0.2, 0.25) is 0 Å². The normalized spacial score (nSPS) is 18.8. The van der Waals surface area contributed by atoms with Crippen LogP contribution >= 0.6 is 0 Å². The van der Waals surface area contributed by atoms with Gasteiger partial charge in [-0.2, -0.15) is 0 Å². The Hall–Kier alpha value is -2.97. The van der Waals surface area contributed by atoms with Gasteiger partial charge in [0, 0.05) is 52.8 Å². The summed E-state index contributed by atoms with van der Waals surface area (Å²) in [5, 5.41) is 0. The summed E-state index contributed by atoms with van der Waals surface area (Å²) in [6.07, 6.45) is 0.553. The Balaban J connectivity index is 1.52. The average molecular weight is 526 g/mol. The van der Waals surface area contributed by atoms with Crippen LogP contribution in [0.3, 0.4) is 0 Å². The van der Waals surface area contributed by atoms with E-state index >= 15 is 0 Å². The first-order valence-corrected chi connectivity index (χ1v) is 13.6. The van der Waals surface area contributed by atoms with Gasteiger partial charge in [0.1, 0.15) is 11.6 Å². The van der Waals surface area contributed by atoms with E-state index in [9.17, 15) is 14.0 Å². The summed E-state index contributed by atoms with van der Waals surface area (Å²) >= 11 is 0. The van der Waals surface area contributed by atoms with Gasteiger partial charge >= 0.3 is 0 Å². The van der Waals surface area contributed by atoms with Crippen LogP contribution in [0.4, 0.5) is 4.39 Å². The van der Waals surface area contributed by atoms with Gasteiger partial charge in [0.2, 0.25) is 5.91 Å². The first kappa shape index (κ1) is 28.0. The second kappa shape index (κ2) is 12.7. The number of hydrogen-bond acceptors (Lipinski definition) is 5. The molecular weight excluding hydrogens is 485 g/mol. The van der Waals surface area contributed by atoms with Crippen LogP contribution in [0.25, 0.3) is 0 Å². The molecule has 2 aliphatic heterocycles. The lowest BCUT2D eigenvalue weighted by Crippen LogP contribution is -2.52. The molecule has 8 heteroatoms. The molecule has 38 heavy (non-hydrogen) atoms. The summed E-state index contributed by atoms with van der Waals surface area (Å²) in [5.74, 6) is 0.570. The molecule has 0 saturated carbocycles. The maximum atomic E-state index is 13.7. The fourth-order valence-corrected chi connectivity index (χ4v) is 5.33. The molecule has 2 aliphatic rings. The molecule has 2 atom stereocenters. The zero-order valence-corrected chi connectivity index (χ0v) is 23.0. The molecular formula is C30H40FN3O4. The number of rotatable bonds is 9. The molecule has 2 amide bonds. The molecule has 2 aromatic rings. The largest absolute Gasteiger partial charge is 0.481 e. The van der Waals surface area contributed by atoms with Gasteiger partial charge in [0.25, 0.3) is 5.91 Å². The van der Waals surface area contributed by atoms with Crippen molar-refractivity contribution < 1.29 is 23.5 Å². The molecule has 0 radical (unpaired) electrons. The minimum Gasteiger partial charge on any atom is -0.481 e. The van der Waals surface area contributed by atoms with E-state index < -0.39 is 6.10 Å². The Morgan fingerprint density at radius 2 is 1.71 bits per heavy atom. The topological polar surface area (TPSA) is 62.3 Å². The first-order valence-electron chi connectivity index (χ1n) is 13.6. The number of amides is 2. The number of ether oxygens (including phenoxy) is 2. The van der Waals surface area contributed by atoms with Gasteiger partial charge < -0.3 is 19.3 Å². The zero-order chi connectivity index (χ0) is 27.2. The number of carbonyl (C=O) groups is 2. The molecule has 0 spiro atoms. The number of halogens is 1. The van der Waals surface area contributed by atoms with Crippen LogP contribution in [0.5, 0.6) is 5.75 Å². The highest BCUT2D eigenvalue weighted by molar-refractivity contribution is 5.81.